The van der Waals surface area contributed by atoms with Crippen LogP contribution in [0.2, 0.25) is 0 Å². The van der Waals surface area contributed by atoms with Crippen molar-refractivity contribution in [2.24, 2.45) is 0 Å². The minimum absolute atomic E-state index is 0.139. The van der Waals surface area contributed by atoms with Gasteiger partial charge in [-0.05, 0) is 65.3 Å². The molecule has 2 unspecified atom stereocenters. The summed E-state index contributed by atoms with van der Waals surface area (Å²) in [7, 11) is 0. The van der Waals surface area contributed by atoms with Crippen LogP contribution in [0.1, 0.15) is 61.0 Å². The van der Waals surface area contributed by atoms with Crippen LogP contribution < -0.4 is 5.32 Å². The Morgan fingerprint density at radius 2 is 1.84 bits per heavy atom. The topological polar surface area (TPSA) is 75.9 Å². The lowest BCUT2D eigenvalue weighted by Crippen LogP contribution is -2.56. The number of carbonyl (C=O) groups is 2. The molecule has 1 aliphatic rings. The molecule has 1 N–H and O–H groups in total. The highest BCUT2D eigenvalue weighted by molar-refractivity contribution is 6.11. The lowest BCUT2D eigenvalue weighted by atomic mass is 9.99. The van der Waals surface area contributed by atoms with Crippen LogP contribution >= 0.6 is 0 Å². The van der Waals surface area contributed by atoms with Crippen LogP contribution in [0.5, 0.6) is 0 Å². The number of ether oxygens (including phenoxy) is 1. The predicted molar refractivity (Wildman–Crippen MR) is 121 cm³/mol. The number of aryl methyl sites for hydroxylation is 1. The number of hydrogen-bond donors (Lipinski definition) is 1. The van der Waals surface area contributed by atoms with E-state index < -0.39 is 17.4 Å². The Bertz CT molecular complexity index is 1220. The largest absolute Gasteiger partial charge is 0.455 e. The van der Waals surface area contributed by atoms with Gasteiger partial charge in [-0.3, -0.25) is 9.20 Å². The molecule has 0 saturated carbocycles. The summed E-state index contributed by atoms with van der Waals surface area (Å²) in [5, 5.41) is 3.91. The first kappa shape index (κ1) is 22.2. The summed E-state index contributed by atoms with van der Waals surface area (Å²) in [6, 6.07) is 4.60. The third kappa shape index (κ3) is 3.95. The monoisotopic (exact) mass is 440 g/mol. The fraction of sp³-hybridized carbons (Fsp3) is 0.458. The maximum Gasteiger partial charge on any atom is 0.359 e. The Kier molecular flexibility index (Phi) is 5.45. The predicted octanol–water partition coefficient (Wildman–Crippen LogP) is 3.71. The van der Waals surface area contributed by atoms with Crippen molar-refractivity contribution >= 4 is 28.3 Å². The molecule has 4 rings (SSSR count). The number of amides is 1. The summed E-state index contributed by atoms with van der Waals surface area (Å²) in [6.07, 6.45) is 1.52. The molecule has 1 saturated heterocycles. The number of pyridine rings is 1. The van der Waals surface area contributed by atoms with Crippen molar-refractivity contribution in [1.82, 2.24) is 19.6 Å². The van der Waals surface area contributed by atoms with Gasteiger partial charge in [0.2, 0.25) is 0 Å². The van der Waals surface area contributed by atoms with Crippen LogP contribution in [-0.2, 0) is 4.74 Å². The minimum Gasteiger partial charge on any atom is -0.455 e. The maximum atomic E-state index is 14.3. The smallest absolute Gasteiger partial charge is 0.359 e. The fourth-order valence-electron chi connectivity index (χ4n) is 4.53. The van der Waals surface area contributed by atoms with Gasteiger partial charge < -0.3 is 15.0 Å². The van der Waals surface area contributed by atoms with E-state index in [0.717, 1.165) is 0 Å². The van der Waals surface area contributed by atoms with Gasteiger partial charge in [0.1, 0.15) is 17.7 Å². The van der Waals surface area contributed by atoms with Crippen LogP contribution in [0.15, 0.2) is 24.5 Å². The molecule has 8 heteroatoms. The molecule has 1 amide bonds. The van der Waals surface area contributed by atoms with Crippen molar-refractivity contribution in [2.75, 3.05) is 13.1 Å². The Hall–Kier alpha value is -3.00. The van der Waals surface area contributed by atoms with Crippen LogP contribution in [0, 0.1) is 12.7 Å². The van der Waals surface area contributed by atoms with E-state index in [1.165, 1.54) is 18.5 Å². The highest BCUT2D eigenvalue weighted by Gasteiger charge is 2.31. The van der Waals surface area contributed by atoms with Crippen LogP contribution in [-0.4, -0.2) is 56.9 Å². The van der Waals surface area contributed by atoms with Gasteiger partial charge in [0.15, 0.2) is 5.69 Å². The van der Waals surface area contributed by atoms with Gasteiger partial charge in [-0.1, -0.05) is 0 Å². The molecule has 7 nitrogen and oxygen atoms in total. The number of aromatic nitrogens is 2. The average molecular weight is 441 g/mol. The highest BCUT2D eigenvalue weighted by atomic mass is 19.1. The first-order valence-corrected chi connectivity index (χ1v) is 10.8. The molecule has 1 aromatic carbocycles. The molecule has 1 aliphatic heterocycles. The molecule has 2 atom stereocenters. The van der Waals surface area contributed by atoms with Crippen molar-refractivity contribution in [3.8, 4) is 0 Å². The van der Waals surface area contributed by atoms with E-state index in [4.69, 9.17) is 4.74 Å². The molecule has 32 heavy (non-hydrogen) atoms. The number of benzene rings is 1. The van der Waals surface area contributed by atoms with E-state index in [1.807, 2.05) is 13.8 Å². The number of carbonyl (C=O) groups excluding carboxylic acids is 2. The van der Waals surface area contributed by atoms with E-state index in [-0.39, 0.29) is 23.7 Å². The Balaban J connectivity index is 1.95. The lowest BCUT2D eigenvalue weighted by Gasteiger charge is -2.36. The normalized spacial score (nSPS) is 19.5. The Labute approximate surface area is 186 Å². The van der Waals surface area contributed by atoms with Crippen LogP contribution in [0.25, 0.3) is 16.4 Å². The number of fused-ring (bicyclic) bond motifs is 3. The molecule has 0 spiro atoms. The van der Waals surface area contributed by atoms with Crippen molar-refractivity contribution in [1.29, 1.82) is 0 Å². The van der Waals surface area contributed by atoms with Crippen LogP contribution in [0.3, 0.4) is 0 Å². The fourth-order valence-corrected chi connectivity index (χ4v) is 4.53. The SMILES string of the molecule is Cc1c(C(=O)N2CC(C)NC(C)C2)c2cc(F)ccc2n2cnc(C(=O)OC(C)(C)C)c12. The van der Waals surface area contributed by atoms with Crippen molar-refractivity contribution in [3.63, 3.8) is 0 Å². The molecule has 0 bridgehead atoms. The summed E-state index contributed by atoms with van der Waals surface area (Å²) >= 11 is 0. The summed E-state index contributed by atoms with van der Waals surface area (Å²) in [5.41, 5.74) is 1.52. The molecular weight excluding hydrogens is 411 g/mol. The Morgan fingerprint density at radius 3 is 2.47 bits per heavy atom. The number of halogens is 1. The van der Waals surface area contributed by atoms with Crippen molar-refractivity contribution in [3.05, 3.63) is 47.2 Å². The zero-order valence-corrected chi connectivity index (χ0v) is 19.3. The third-order valence-corrected chi connectivity index (χ3v) is 5.64. The second-order valence-electron chi connectivity index (χ2n) is 9.65. The second kappa shape index (κ2) is 7.85. The molecule has 0 radical (unpaired) electrons. The van der Waals surface area contributed by atoms with Crippen molar-refractivity contribution in [2.45, 2.75) is 59.2 Å². The summed E-state index contributed by atoms with van der Waals surface area (Å²) in [4.78, 5) is 32.7. The molecule has 2 aromatic heterocycles. The number of nitrogens with one attached hydrogen (secondary N) is 1. The van der Waals surface area contributed by atoms with Crippen LogP contribution in [0.4, 0.5) is 4.39 Å². The lowest BCUT2D eigenvalue weighted by molar-refractivity contribution is 0.00655. The molecule has 1 fully saturated rings. The van der Waals surface area contributed by atoms with E-state index in [2.05, 4.69) is 10.3 Å². The van der Waals surface area contributed by atoms with Crippen molar-refractivity contribution < 1.29 is 18.7 Å². The maximum absolute atomic E-state index is 14.3. The summed E-state index contributed by atoms with van der Waals surface area (Å²) < 4.78 is 21.5. The number of imidazole rings is 1. The average Bonchev–Trinajstić information content (AvgIpc) is 3.11. The zero-order valence-electron chi connectivity index (χ0n) is 19.3. The molecule has 170 valence electrons. The highest BCUT2D eigenvalue weighted by Crippen LogP contribution is 2.31. The number of nitrogens with zero attached hydrogens (tertiary/aromatic N) is 3. The number of rotatable bonds is 2. The van der Waals surface area contributed by atoms with E-state index >= 15 is 0 Å². The van der Waals surface area contributed by atoms with Gasteiger partial charge in [-0.25, -0.2) is 14.2 Å². The van der Waals surface area contributed by atoms with Gasteiger partial charge >= 0.3 is 5.97 Å². The standard InChI is InChI=1S/C24H29FN4O3/c1-13-10-28(11-14(2)27-13)22(30)19-15(3)21-20(23(31)32-24(4,5)6)26-12-29(21)18-8-7-16(25)9-17(18)19/h7-9,12-14,27H,10-11H2,1-6H3. The molecule has 0 aliphatic carbocycles. The number of esters is 1. The summed E-state index contributed by atoms with van der Waals surface area (Å²) in [5.74, 6) is -1.18. The molecule has 3 heterocycles. The molecule has 3 aromatic rings. The third-order valence-electron chi connectivity index (χ3n) is 5.64. The van der Waals surface area contributed by atoms with Gasteiger partial charge in [0, 0.05) is 30.6 Å². The number of piperazine rings is 1. The van der Waals surface area contributed by atoms with Gasteiger partial charge in [-0.2, -0.15) is 0 Å². The number of hydrogen-bond acceptors (Lipinski definition) is 5. The van der Waals surface area contributed by atoms with E-state index in [0.29, 0.717) is 40.6 Å². The minimum atomic E-state index is -0.688. The quantitative estimate of drug-likeness (QED) is 0.615. The van der Waals surface area contributed by atoms with Gasteiger partial charge in [-0.15, -0.1) is 0 Å². The molecular formula is C24H29FN4O3. The first-order valence-electron chi connectivity index (χ1n) is 10.8. The van der Waals surface area contributed by atoms with E-state index in [9.17, 15) is 14.0 Å². The Morgan fingerprint density at radius 1 is 1.19 bits per heavy atom. The summed E-state index contributed by atoms with van der Waals surface area (Å²) in [6.45, 7) is 12.3. The van der Waals surface area contributed by atoms with Gasteiger partial charge in [0.05, 0.1) is 16.6 Å². The zero-order chi connectivity index (χ0) is 23.4. The second-order valence-corrected chi connectivity index (χ2v) is 9.65. The van der Waals surface area contributed by atoms with Gasteiger partial charge in [0.25, 0.3) is 5.91 Å². The first-order chi connectivity index (χ1) is 15.0. The van der Waals surface area contributed by atoms with E-state index in [1.54, 1.807) is 43.1 Å².